The van der Waals surface area contributed by atoms with Crippen LogP contribution in [0.4, 0.5) is 10.5 Å². The van der Waals surface area contributed by atoms with E-state index in [2.05, 4.69) is 0 Å². The number of benzene rings is 2. The molecule has 1 N–H and O–H groups in total. The summed E-state index contributed by atoms with van der Waals surface area (Å²) in [5.41, 5.74) is 2.51. The summed E-state index contributed by atoms with van der Waals surface area (Å²) in [6, 6.07) is 16.6. The van der Waals surface area contributed by atoms with Gasteiger partial charge in [-0.15, -0.1) is 0 Å². The van der Waals surface area contributed by atoms with Gasteiger partial charge in [-0.2, -0.15) is 12.7 Å². The molecule has 0 saturated carbocycles. The Balaban J connectivity index is 1.70. The minimum Gasteiger partial charge on any atom is -0.465 e. The lowest BCUT2D eigenvalue weighted by Crippen LogP contribution is -2.52. The Kier molecular flexibility index (Phi) is 4.53. The Hall–Kier alpha value is -2.58. The number of carboxylic acid groups (broad SMARTS) is 1. The molecule has 0 unspecified atom stereocenters. The minimum absolute atomic E-state index is 0.204. The molecule has 142 valence electrons. The second-order valence-corrected chi connectivity index (χ2v) is 8.65. The number of fused-ring (bicyclic) bond motifs is 1. The summed E-state index contributed by atoms with van der Waals surface area (Å²) < 4.78 is 29.8. The summed E-state index contributed by atoms with van der Waals surface area (Å²) >= 11 is 0. The van der Waals surface area contributed by atoms with E-state index >= 15 is 0 Å². The molecule has 27 heavy (non-hydrogen) atoms. The maximum absolute atomic E-state index is 13.4. The average Bonchev–Trinajstić information content (AvgIpc) is 3.15. The van der Waals surface area contributed by atoms with E-state index in [1.807, 2.05) is 54.6 Å². The molecule has 0 radical (unpaired) electrons. The minimum atomic E-state index is -3.76. The van der Waals surface area contributed by atoms with Gasteiger partial charge in [0.2, 0.25) is 0 Å². The molecule has 0 aliphatic carbocycles. The first kappa shape index (κ1) is 17.8. The van der Waals surface area contributed by atoms with Crippen LogP contribution in [-0.2, 0) is 23.3 Å². The first-order valence-corrected chi connectivity index (χ1v) is 10.3. The molecule has 0 spiro atoms. The molecule has 1 atom stereocenters. The summed E-state index contributed by atoms with van der Waals surface area (Å²) in [5.74, 6) is 0. The number of nitrogens with zero attached hydrogens (tertiary/aromatic N) is 3. The van der Waals surface area contributed by atoms with Gasteiger partial charge in [0.15, 0.2) is 0 Å². The van der Waals surface area contributed by atoms with Gasteiger partial charge in [-0.3, -0.25) is 4.31 Å². The monoisotopic (exact) mass is 387 g/mol. The Bertz CT molecular complexity index is 948. The molecular weight excluding hydrogens is 366 g/mol. The van der Waals surface area contributed by atoms with E-state index in [4.69, 9.17) is 0 Å². The summed E-state index contributed by atoms with van der Waals surface area (Å²) in [7, 11) is -3.76. The van der Waals surface area contributed by atoms with Gasteiger partial charge in [-0.1, -0.05) is 48.5 Å². The van der Waals surface area contributed by atoms with E-state index < -0.39 is 16.3 Å². The van der Waals surface area contributed by atoms with Crippen molar-refractivity contribution >= 4 is 22.0 Å². The van der Waals surface area contributed by atoms with E-state index in [0.717, 1.165) is 11.1 Å². The number of hydrogen-bond donors (Lipinski definition) is 1. The molecule has 4 rings (SSSR count). The van der Waals surface area contributed by atoms with Crippen LogP contribution >= 0.6 is 0 Å². The number of hydrogen-bond acceptors (Lipinski definition) is 3. The summed E-state index contributed by atoms with van der Waals surface area (Å²) in [5, 5.41) is 9.21. The number of anilines is 1. The fourth-order valence-corrected chi connectivity index (χ4v) is 5.62. The van der Waals surface area contributed by atoms with Crippen LogP contribution in [0.5, 0.6) is 0 Å². The molecule has 2 aromatic carbocycles. The fourth-order valence-electron chi connectivity index (χ4n) is 3.77. The van der Waals surface area contributed by atoms with Gasteiger partial charge < -0.3 is 10.0 Å². The predicted octanol–water partition coefficient (Wildman–Crippen LogP) is 2.51. The molecule has 1 amide bonds. The van der Waals surface area contributed by atoms with Crippen LogP contribution in [0.1, 0.15) is 17.5 Å². The smallest absolute Gasteiger partial charge is 0.407 e. The molecule has 0 aromatic heterocycles. The third-order valence-corrected chi connectivity index (χ3v) is 7.07. The van der Waals surface area contributed by atoms with Crippen molar-refractivity contribution in [3.63, 3.8) is 0 Å². The standard InChI is InChI=1S/C19H21N3O4S/c23-19(24)20-11-10-17(14-20)21-13-16-8-4-5-9-18(16)22(27(21,25)26)12-15-6-2-1-3-7-15/h1-9,17H,10-14H2,(H,23,24)/t17-/m1/s1. The van der Waals surface area contributed by atoms with Crippen molar-refractivity contribution in [1.29, 1.82) is 0 Å². The number of likely N-dealkylation sites (tertiary alicyclic amines) is 1. The van der Waals surface area contributed by atoms with Crippen LogP contribution in [0.15, 0.2) is 54.6 Å². The molecule has 7 nitrogen and oxygen atoms in total. The topological polar surface area (TPSA) is 81.2 Å². The molecule has 2 aliphatic heterocycles. The normalized spacial score (nSPS) is 21.9. The number of carbonyl (C=O) groups is 1. The second-order valence-electron chi connectivity index (χ2n) is 6.85. The first-order valence-electron chi connectivity index (χ1n) is 8.86. The lowest BCUT2D eigenvalue weighted by Gasteiger charge is -2.40. The molecule has 0 bridgehead atoms. The molecule has 1 saturated heterocycles. The third-order valence-electron chi connectivity index (χ3n) is 5.17. The molecule has 2 heterocycles. The van der Waals surface area contributed by atoms with Crippen molar-refractivity contribution in [3.8, 4) is 0 Å². The summed E-state index contributed by atoms with van der Waals surface area (Å²) in [6.07, 6.45) is -0.499. The highest BCUT2D eigenvalue weighted by molar-refractivity contribution is 7.90. The zero-order valence-corrected chi connectivity index (χ0v) is 15.5. The van der Waals surface area contributed by atoms with E-state index in [0.29, 0.717) is 18.7 Å². The van der Waals surface area contributed by atoms with Crippen LogP contribution in [0.3, 0.4) is 0 Å². The maximum Gasteiger partial charge on any atom is 0.407 e. The third kappa shape index (κ3) is 3.26. The lowest BCUT2D eigenvalue weighted by atomic mass is 10.1. The number of amides is 1. The van der Waals surface area contributed by atoms with Gasteiger partial charge in [0, 0.05) is 25.7 Å². The molecule has 1 fully saturated rings. The lowest BCUT2D eigenvalue weighted by molar-refractivity contribution is 0.152. The molecule has 2 aromatic rings. The number of para-hydroxylation sites is 1. The molecular formula is C19H21N3O4S. The van der Waals surface area contributed by atoms with Crippen molar-refractivity contribution < 1.29 is 18.3 Å². The van der Waals surface area contributed by atoms with E-state index in [1.54, 1.807) is 0 Å². The van der Waals surface area contributed by atoms with E-state index in [9.17, 15) is 18.3 Å². The highest BCUT2D eigenvalue weighted by Gasteiger charge is 2.43. The van der Waals surface area contributed by atoms with Crippen molar-refractivity contribution in [2.75, 3.05) is 17.4 Å². The van der Waals surface area contributed by atoms with Crippen molar-refractivity contribution in [2.45, 2.75) is 25.6 Å². The SMILES string of the molecule is O=C(O)N1CC[C@@H](N2Cc3ccccc3N(Cc3ccccc3)S2(=O)=O)C1. The highest BCUT2D eigenvalue weighted by atomic mass is 32.2. The predicted molar refractivity (Wildman–Crippen MR) is 102 cm³/mol. The molecule has 2 aliphatic rings. The summed E-state index contributed by atoms with van der Waals surface area (Å²) in [6.45, 7) is 1.07. The largest absolute Gasteiger partial charge is 0.465 e. The van der Waals surface area contributed by atoms with Crippen LogP contribution in [0.2, 0.25) is 0 Å². The van der Waals surface area contributed by atoms with Gasteiger partial charge in [-0.05, 0) is 23.6 Å². The van der Waals surface area contributed by atoms with Crippen LogP contribution < -0.4 is 4.31 Å². The van der Waals surface area contributed by atoms with Gasteiger partial charge in [0.25, 0.3) is 0 Å². The summed E-state index contributed by atoms with van der Waals surface area (Å²) in [4.78, 5) is 12.5. The van der Waals surface area contributed by atoms with Gasteiger partial charge in [0.05, 0.1) is 12.2 Å². The van der Waals surface area contributed by atoms with Gasteiger partial charge >= 0.3 is 16.3 Å². The van der Waals surface area contributed by atoms with E-state index in [1.165, 1.54) is 13.5 Å². The van der Waals surface area contributed by atoms with Gasteiger partial charge in [0.1, 0.15) is 0 Å². The van der Waals surface area contributed by atoms with E-state index in [-0.39, 0.29) is 25.7 Å². The highest BCUT2D eigenvalue weighted by Crippen LogP contribution is 2.36. The Labute approximate surface area is 158 Å². The molecule has 8 heteroatoms. The van der Waals surface area contributed by atoms with Crippen LogP contribution in [-0.4, -0.2) is 48.0 Å². The maximum atomic E-state index is 13.4. The first-order chi connectivity index (χ1) is 13.0. The quantitative estimate of drug-likeness (QED) is 0.877. The Morgan fingerprint density at radius 1 is 1.07 bits per heavy atom. The Morgan fingerprint density at radius 3 is 2.48 bits per heavy atom. The average molecular weight is 387 g/mol. The van der Waals surface area contributed by atoms with Crippen LogP contribution in [0.25, 0.3) is 0 Å². The fraction of sp³-hybridized carbons (Fsp3) is 0.316. The van der Waals surface area contributed by atoms with Crippen molar-refractivity contribution in [2.24, 2.45) is 0 Å². The van der Waals surface area contributed by atoms with Crippen LogP contribution in [0, 0.1) is 0 Å². The number of rotatable bonds is 3. The second kappa shape index (κ2) is 6.86. The van der Waals surface area contributed by atoms with Gasteiger partial charge in [-0.25, -0.2) is 4.79 Å². The Morgan fingerprint density at radius 2 is 1.78 bits per heavy atom. The zero-order valence-electron chi connectivity index (χ0n) is 14.7. The van der Waals surface area contributed by atoms with Crippen molar-refractivity contribution in [3.05, 3.63) is 65.7 Å². The zero-order chi connectivity index (χ0) is 19.0. The van der Waals surface area contributed by atoms with Crippen molar-refractivity contribution in [1.82, 2.24) is 9.21 Å².